The summed E-state index contributed by atoms with van der Waals surface area (Å²) in [7, 11) is 1.72. The van der Waals surface area contributed by atoms with Crippen LogP contribution in [0.2, 0.25) is 5.02 Å². The molecule has 1 aliphatic heterocycles. The Bertz CT molecular complexity index is 719. The number of ether oxygens (including phenoxy) is 1. The monoisotopic (exact) mass is 304 g/mol. The van der Waals surface area contributed by atoms with Crippen LogP contribution in [0.4, 0.5) is 0 Å². The number of nitrogens with zero attached hydrogens (tertiary/aromatic N) is 3. The van der Waals surface area contributed by atoms with Gasteiger partial charge in [0.25, 0.3) is 0 Å². The molecular weight excluding hydrogens is 292 g/mol. The zero-order valence-corrected chi connectivity index (χ0v) is 12.1. The number of nitriles is 1. The number of rotatable bonds is 1. The van der Waals surface area contributed by atoms with E-state index in [9.17, 15) is 10.1 Å². The summed E-state index contributed by atoms with van der Waals surface area (Å²) in [5, 5.41) is 13.9. The third-order valence-electron chi connectivity index (χ3n) is 3.82. The molecule has 0 fully saturated rings. The van der Waals surface area contributed by atoms with Crippen molar-refractivity contribution in [3.63, 3.8) is 0 Å². The topological polar surface area (TPSA) is 93.9 Å². The maximum atomic E-state index is 12.3. The van der Waals surface area contributed by atoms with Crippen molar-refractivity contribution >= 4 is 17.4 Å². The lowest BCUT2D eigenvalue weighted by Crippen LogP contribution is -2.28. The van der Waals surface area contributed by atoms with Gasteiger partial charge in [-0.1, -0.05) is 11.6 Å². The molecule has 0 saturated carbocycles. The van der Waals surface area contributed by atoms with Crippen LogP contribution in [-0.2, 0) is 16.6 Å². The second-order valence-corrected chi connectivity index (χ2v) is 5.45. The average Bonchev–Trinajstić information content (AvgIpc) is 2.77. The largest absolute Gasteiger partial charge is 0.444 e. The number of hydrogen-bond donors (Lipinski definition) is 1. The molecule has 1 atom stereocenters. The summed E-state index contributed by atoms with van der Waals surface area (Å²) in [4.78, 5) is 12.3. The Morgan fingerprint density at radius 2 is 2.33 bits per heavy atom. The Kier molecular flexibility index (Phi) is 3.22. The molecule has 0 saturated heterocycles. The fourth-order valence-corrected chi connectivity index (χ4v) is 3.15. The van der Waals surface area contributed by atoms with E-state index in [1.54, 1.807) is 11.7 Å². The van der Waals surface area contributed by atoms with Gasteiger partial charge in [-0.2, -0.15) is 10.4 Å². The van der Waals surface area contributed by atoms with E-state index >= 15 is 0 Å². The first kappa shape index (κ1) is 13.7. The average molecular weight is 305 g/mol. The summed E-state index contributed by atoms with van der Waals surface area (Å²) in [5.74, 6) is -0.0523. The third kappa shape index (κ3) is 2.01. The number of ketones is 1. The van der Waals surface area contributed by atoms with Gasteiger partial charge < -0.3 is 10.5 Å². The predicted octanol–water partition coefficient (Wildman–Crippen LogP) is 1.89. The third-order valence-corrected chi connectivity index (χ3v) is 4.11. The zero-order chi connectivity index (χ0) is 15.1. The van der Waals surface area contributed by atoms with Crippen LogP contribution >= 0.6 is 11.6 Å². The molecule has 1 aromatic heterocycles. The first-order valence-corrected chi connectivity index (χ1v) is 6.93. The van der Waals surface area contributed by atoms with Gasteiger partial charge >= 0.3 is 0 Å². The van der Waals surface area contributed by atoms with Crippen molar-refractivity contribution in [3.05, 3.63) is 39.7 Å². The summed E-state index contributed by atoms with van der Waals surface area (Å²) < 4.78 is 7.06. The lowest BCUT2D eigenvalue weighted by Gasteiger charge is -2.30. The number of carbonyl (C=O) groups excluding carboxylic acids is 1. The number of aromatic nitrogens is 2. The van der Waals surface area contributed by atoms with Crippen LogP contribution in [-0.4, -0.2) is 15.6 Å². The van der Waals surface area contributed by atoms with E-state index in [-0.39, 0.29) is 17.2 Å². The fourth-order valence-electron chi connectivity index (χ4n) is 2.87. The highest BCUT2D eigenvalue weighted by atomic mass is 35.5. The summed E-state index contributed by atoms with van der Waals surface area (Å²) >= 11 is 6.20. The summed E-state index contributed by atoms with van der Waals surface area (Å²) in [6.07, 6.45) is 3.28. The van der Waals surface area contributed by atoms with Gasteiger partial charge in [0, 0.05) is 25.5 Å². The molecule has 0 bridgehead atoms. The minimum Gasteiger partial charge on any atom is -0.444 e. The van der Waals surface area contributed by atoms with E-state index in [1.165, 1.54) is 6.20 Å². The molecule has 6 nitrogen and oxygen atoms in total. The number of allylic oxidation sites excluding steroid dienone is 3. The van der Waals surface area contributed by atoms with Gasteiger partial charge in [-0.25, -0.2) is 0 Å². The van der Waals surface area contributed by atoms with Crippen molar-refractivity contribution in [1.29, 1.82) is 5.26 Å². The molecule has 7 heteroatoms. The van der Waals surface area contributed by atoms with E-state index in [0.29, 0.717) is 34.9 Å². The molecule has 0 radical (unpaired) electrons. The lowest BCUT2D eigenvalue weighted by molar-refractivity contribution is -0.116. The van der Waals surface area contributed by atoms with Crippen LogP contribution in [0, 0.1) is 11.3 Å². The molecule has 1 unspecified atom stereocenters. The van der Waals surface area contributed by atoms with Gasteiger partial charge in [-0.05, 0) is 6.42 Å². The van der Waals surface area contributed by atoms with Gasteiger partial charge in [-0.15, -0.1) is 0 Å². The van der Waals surface area contributed by atoms with Crippen molar-refractivity contribution < 1.29 is 9.53 Å². The number of halogens is 1. The number of nitrogens with two attached hydrogens (primary N) is 1. The van der Waals surface area contributed by atoms with Gasteiger partial charge in [0.15, 0.2) is 5.78 Å². The summed E-state index contributed by atoms with van der Waals surface area (Å²) in [6.45, 7) is 0. The number of hydrogen-bond acceptors (Lipinski definition) is 5. The van der Waals surface area contributed by atoms with Crippen LogP contribution in [0.3, 0.4) is 0 Å². The van der Waals surface area contributed by atoms with Gasteiger partial charge in [0.2, 0.25) is 5.88 Å². The highest BCUT2D eigenvalue weighted by molar-refractivity contribution is 6.31. The zero-order valence-electron chi connectivity index (χ0n) is 11.4. The molecule has 1 aliphatic carbocycles. The Morgan fingerprint density at radius 3 is 2.95 bits per heavy atom. The van der Waals surface area contributed by atoms with E-state index < -0.39 is 5.92 Å². The molecule has 0 spiro atoms. The van der Waals surface area contributed by atoms with Crippen molar-refractivity contribution in [3.8, 4) is 6.07 Å². The minimum atomic E-state index is -0.605. The van der Waals surface area contributed by atoms with E-state index in [1.807, 2.05) is 6.07 Å². The quantitative estimate of drug-likeness (QED) is 0.855. The molecule has 1 aromatic rings. The molecule has 0 amide bonds. The van der Waals surface area contributed by atoms with E-state index in [2.05, 4.69) is 5.10 Å². The first-order chi connectivity index (χ1) is 10.0. The second kappa shape index (κ2) is 4.93. The highest BCUT2D eigenvalue weighted by Crippen LogP contribution is 2.44. The number of aryl methyl sites for hydroxylation is 1. The molecule has 2 heterocycles. The second-order valence-electron chi connectivity index (χ2n) is 5.04. The molecule has 108 valence electrons. The lowest BCUT2D eigenvalue weighted by atomic mass is 9.79. The van der Waals surface area contributed by atoms with E-state index in [4.69, 9.17) is 22.1 Å². The molecule has 21 heavy (non-hydrogen) atoms. The van der Waals surface area contributed by atoms with Crippen molar-refractivity contribution in [2.24, 2.45) is 12.8 Å². The number of Topliss-reactive ketones (excluding diaryl/α,β-unsaturated/α-hetero) is 1. The van der Waals surface area contributed by atoms with Crippen LogP contribution in [0.15, 0.2) is 29.0 Å². The van der Waals surface area contributed by atoms with Gasteiger partial charge in [0.1, 0.15) is 17.4 Å². The first-order valence-electron chi connectivity index (χ1n) is 6.55. The normalized spacial score (nSPS) is 22.0. The van der Waals surface area contributed by atoms with Crippen LogP contribution in [0.25, 0.3) is 0 Å². The van der Waals surface area contributed by atoms with E-state index in [0.717, 1.165) is 6.42 Å². The summed E-state index contributed by atoms with van der Waals surface area (Å²) in [6, 6.07) is 2.04. The maximum absolute atomic E-state index is 12.3. The Hall–Kier alpha value is -2.26. The predicted molar refractivity (Wildman–Crippen MR) is 74.8 cm³/mol. The van der Waals surface area contributed by atoms with Crippen LogP contribution in [0.5, 0.6) is 0 Å². The highest BCUT2D eigenvalue weighted by Gasteiger charge is 2.40. The number of carbonyl (C=O) groups is 1. The smallest absolute Gasteiger partial charge is 0.205 e. The molecule has 3 rings (SSSR count). The molecule has 0 aromatic carbocycles. The van der Waals surface area contributed by atoms with Gasteiger partial charge in [0.05, 0.1) is 22.8 Å². The Morgan fingerprint density at radius 1 is 1.57 bits per heavy atom. The standard InChI is InChI=1S/C14H13ClN4O2/c1-19-13(8(15)6-18-19)11-7(5-16)14(17)21-10-4-2-3-9(20)12(10)11/h6,11H,2-4,17H2,1H3. The Labute approximate surface area is 126 Å². The van der Waals surface area contributed by atoms with Crippen molar-refractivity contribution in [1.82, 2.24) is 9.78 Å². The molecule has 2 N–H and O–H groups in total. The fraction of sp³-hybridized carbons (Fsp3) is 0.357. The maximum Gasteiger partial charge on any atom is 0.205 e. The SMILES string of the molecule is Cn1ncc(Cl)c1C1C(C#N)=C(N)OC2=C1C(=O)CCC2. The van der Waals surface area contributed by atoms with Crippen molar-refractivity contribution in [2.45, 2.75) is 25.2 Å². The Balaban J connectivity index is 2.25. The molecular formula is C14H13ClN4O2. The minimum absolute atomic E-state index is 0.0289. The molecule has 2 aliphatic rings. The van der Waals surface area contributed by atoms with Crippen LogP contribution in [0.1, 0.15) is 30.9 Å². The van der Waals surface area contributed by atoms with Crippen LogP contribution < -0.4 is 5.73 Å². The summed E-state index contributed by atoms with van der Waals surface area (Å²) in [5.41, 5.74) is 7.13. The van der Waals surface area contributed by atoms with Gasteiger partial charge in [-0.3, -0.25) is 9.48 Å². The van der Waals surface area contributed by atoms with Crippen molar-refractivity contribution in [2.75, 3.05) is 0 Å².